The number of halogens is 1. The molecule has 1 unspecified atom stereocenters. The highest BCUT2D eigenvalue weighted by Gasteiger charge is 2.37. The van der Waals surface area contributed by atoms with Crippen LogP contribution in [0.15, 0.2) is 47.2 Å². The van der Waals surface area contributed by atoms with E-state index >= 15 is 0 Å². The summed E-state index contributed by atoms with van der Waals surface area (Å²) in [7, 11) is -3.50. The molecule has 1 aromatic carbocycles. The summed E-state index contributed by atoms with van der Waals surface area (Å²) in [5.41, 5.74) is 6.22. The van der Waals surface area contributed by atoms with Crippen LogP contribution in [-0.2, 0) is 26.1 Å². The van der Waals surface area contributed by atoms with Gasteiger partial charge in [-0.1, -0.05) is 35.5 Å². The van der Waals surface area contributed by atoms with Gasteiger partial charge in [0.05, 0.1) is 5.69 Å². The molecule has 1 fully saturated rings. The molecule has 1 aliphatic heterocycles. The topological polar surface area (TPSA) is 110 Å². The highest BCUT2D eigenvalue weighted by molar-refractivity contribution is 7.88. The number of hydrogen-bond acceptors (Lipinski definition) is 6. The van der Waals surface area contributed by atoms with Gasteiger partial charge in [-0.3, -0.25) is 4.79 Å². The lowest BCUT2D eigenvalue weighted by Gasteiger charge is -2.38. The van der Waals surface area contributed by atoms with Crippen LogP contribution in [0.2, 0.25) is 0 Å². The number of nitrogens with zero attached hydrogens (tertiary/aromatic N) is 3. The first-order chi connectivity index (χ1) is 12.3. The molecule has 2 aromatic rings. The smallest absolute Gasteiger partial charge is 0.247 e. The third kappa shape index (κ3) is 4.67. The van der Waals surface area contributed by atoms with Crippen molar-refractivity contribution in [1.29, 1.82) is 0 Å². The number of carbonyl (C=O) groups is 1. The van der Waals surface area contributed by atoms with E-state index in [1.807, 2.05) is 30.3 Å². The normalized spacial score (nSPS) is 17.8. The first-order valence-corrected chi connectivity index (χ1v) is 9.92. The minimum absolute atomic E-state index is 0. The van der Waals surface area contributed by atoms with Gasteiger partial charge in [0, 0.05) is 32.2 Å². The molecule has 1 amide bonds. The van der Waals surface area contributed by atoms with E-state index in [1.165, 1.54) is 16.6 Å². The minimum atomic E-state index is -3.50. The molecule has 2 heterocycles. The van der Waals surface area contributed by atoms with Crippen LogP contribution in [0.5, 0.6) is 0 Å². The maximum absolute atomic E-state index is 12.8. The molecule has 27 heavy (non-hydrogen) atoms. The second kappa shape index (κ2) is 8.39. The maximum Gasteiger partial charge on any atom is 0.247 e. The van der Waals surface area contributed by atoms with E-state index in [-0.39, 0.29) is 37.2 Å². The quantitative estimate of drug-likeness (QED) is 0.779. The molecule has 10 heteroatoms. The molecule has 1 aliphatic rings. The Morgan fingerprint density at radius 1 is 1.19 bits per heavy atom. The minimum Gasteiger partial charge on any atom is -0.364 e. The summed E-state index contributed by atoms with van der Waals surface area (Å²) >= 11 is 0. The van der Waals surface area contributed by atoms with E-state index < -0.39 is 15.6 Å². The summed E-state index contributed by atoms with van der Waals surface area (Å²) in [5, 5.41) is 3.64. The molecule has 3 rings (SSSR count). The van der Waals surface area contributed by atoms with Gasteiger partial charge in [-0.25, -0.2) is 8.42 Å². The van der Waals surface area contributed by atoms with E-state index in [1.54, 1.807) is 11.8 Å². The van der Waals surface area contributed by atoms with Crippen molar-refractivity contribution in [3.8, 4) is 0 Å². The Morgan fingerprint density at radius 3 is 2.37 bits per heavy atom. The largest absolute Gasteiger partial charge is 0.364 e. The third-order valence-electron chi connectivity index (χ3n) is 4.56. The Balaban J connectivity index is 0.00000261. The zero-order chi connectivity index (χ0) is 18.8. The zero-order valence-electron chi connectivity index (χ0n) is 14.9. The average Bonchev–Trinajstić information content (AvgIpc) is 3.14. The molecule has 8 nitrogen and oxygen atoms in total. The zero-order valence-corrected chi connectivity index (χ0v) is 16.6. The highest BCUT2D eigenvalue weighted by Crippen LogP contribution is 2.22. The van der Waals surface area contributed by atoms with Crippen molar-refractivity contribution in [2.24, 2.45) is 5.73 Å². The van der Waals surface area contributed by atoms with Crippen LogP contribution < -0.4 is 5.73 Å². The molecule has 0 radical (unpaired) electrons. The summed E-state index contributed by atoms with van der Waals surface area (Å²) in [4.78, 5) is 14.5. The van der Waals surface area contributed by atoms with Crippen molar-refractivity contribution in [3.63, 3.8) is 0 Å². The molecule has 0 saturated carbocycles. The lowest BCUT2D eigenvalue weighted by molar-refractivity contribution is -0.138. The second-order valence-electron chi connectivity index (χ2n) is 6.51. The molecule has 2 N–H and O–H groups in total. The van der Waals surface area contributed by atoms with Crippen LogP contribution >= 0.6 is 12.4 Å². The van der Waals surface area contributed by atoms with Gasteiger partial charge >= 0.3 is 0 Å². The number of aromatic nitrogens is 1. The van der Waals surface area contributed by atoms with Gasteiger partial charge in [-0.2, -0.15) is 4.31 Å². The van der Waals surface area contributed by atoms with Gasteiger partial charge in [-0.05, 0) is 12.5 Å². The Bertz CT molecular complexity index is 848. The van der Waals surface area contributed by atoms with Gasteiger partial charge in [0.15, 0.2) is 0 Å². The van der Waals surface area contributed by atoms with Crippen LogP contribution in [0.3, 0.4) is 0 Å². The van der Waals surface area contributed by atoms with Gasteiger partial charge in [0.25, 0.3) is 0 Å². The fourth-order valence-electron chi connectivity index (χ4n) is 3.00. The molecule has 1 atom stereocenters. The van der Waals surface area contributed by atoms with Crippen molar-refractivity contribution < 1.29 is 17.7 Å². The average molecular weight is 415 g/mol. The molecule has 148 valence electrons. The maximum atomic E-state index is 12.8. The van der Waals surface area contributed by atoms with Crippen LogP contribution in [0.25, 0.3) is 0 Å². The number of amides is 1. The van der Waals surface area contributed by atoms with E-state index in [4.69, 9.17) is 5.73 Å². The lowest BCUT2D eigenvalue weighted by atomic mass is 9.91. The molecule has 0 spiro atoms. The van der Waals surface area contributed by atoms with Crippen LogP contribution in [0.4, 0.5) is 0 Å². The molecule has 0 bridgehead atoms. The van der Waals surface area contributed by atoms with Crippen molar-refractivity contribution in [1.82, 2.24) is 14.4 Å². The third-order valence-corrected chi connectivity index (χ3v) is 6.37. The fourth-order valence-corrected chi connectivity index (χ4v) is 4.42. The Morgan fingerprint density at radius 2 is 1.81 bits per heavy atom. The Labute approximate surface area is 164 Å². The Kier molecular flexibility index (Phi) is 6.63. The van der Waals surface area contributed by atoms with E-state index in [0.717, 1.165) is 5.56 Å². The standard InChI is InChI=1S/C17H22N4O4S.ClH/c1-17(18,14-5-3-2-4-6-14)16(22)20-8-10-21(11-9-20)26(23,24)13-15-7-12-25-19-15;/h2-7,12H,8-11,13,18H2,1H3;1H. The molecule has 1 aromatic heterocycles. The van der Waals surface area contributed by atoms with Crippen molar-refractivity contribution in [3.05, 3.63) is 53.9 Å². The summed E-state index contributed by atoms with van der Waals surface area (Å²) in [6, 6.07) is 10.7. The fraction of sp³-hybridized carbons (Fsp3) is 0.412. The molecular weight excluding hydrogens is 392 g/mol. The van der Waals surface area contributed by atoms with Crippen molar-refractivity contribution in [2.75, 3.05) is 26.2 Å². The number of nitrogens with two attached hydrogens (primary N) is 1. The van der Waals surface area contributed by atoms with Gasteiger partial charge in [0.2, 0.25) is 15.9 Å². The van der Waals surface area contributed by atoms with Crippen molar-refractivity contribution in [2.45, 2.75) is 18.2 Å². The predicted octanol–water partition coefficient (Wildman–Crippen LogP) is 0.945. The summed E-state index contributed by atoms with van der Waals surface area (Å²) in [6.45, 7) is 2.75. The van der Waals surface area contributed by atoms with Crippen LogP contribution in [-0.4, -0.2) is 54.9 Å². The summed E-state index contributed by atoms with van der Waals surface area (Å²) < 4.78 is 31.0. The van der Waals surface area contributed by atoms with Crippen molar-refractivity contribution >= 4 is 28.3 Å². The van der Waals surface area contributed by atoms with E-state index in [0.29, 0.717) is 18.8 Å². The number of rotatable bonds is 5. The number of piperazine rings is 1. The summed E-state index contributed by atoms with van der Waals surface area (Å²) in [6.07, 6.45) is 1.34. The predicted molar refractivity (Wildman–Crippen MR) is 103 cm³/mol. The van der Waals surface area contributed by atoms with Gasteiger partial charge in [-0.15, -0.1) is 12.4 Å². The highest BCUT2D eigenvalue weighted by atomic mass is 35.5. The number of hydrogen-bond donors (Lipinski definition) is 1. The molecule has 1 saturated heterocycles. The summed E-state index contributed by atoms with van der Waals surface area (Å²) in [5.74, 6) is -0.423. The molecular formula is C17H23ClN4O4S. The van der Waals surface area contributed by atoms with E-state index in [2.05, 4.69) is 9.68 Å². The van der Waals surface area contributed by atoms with Crippen LogP contribution in [0.1, 0.15) is 18.2 Å². The second-order valence-corrected chi connectivity index (χ2v) is 8.48. The van der Waals surface area contributed by atoms with E-state index in [9.17, 15) is 13.2 Å². The molecule has 0 aliphatic carbocycles. The first-order valence-electron chi connectivity index (χ1n) is 8.31. The number of benzene rings is 1. The number of carbonyl (C=O) groups excluding carboxylic acids is 1. The van der Waals surface area contributed by atoms with Gasteiger partial charge < -0.3 is 15.2 Å². The first kappa shape index (κ1) is 21.4. The number of sulfonamides is 1. The van der Waals surface area contributed by atoms with Gasteiger partial charge in [0.1, 0.15) is 17.6 Å². The monoisotopic (exact) mass is 414 g/mol. The lowest BCUT2D eigenvalue weighted by Crippen LogP contribution is -2.57. The van der Waals surface area contributed by atoms with Crippen LogP contribution in [0, 0.1) is 0 Å². The SMILES string of the molecule is CC(N)(C(=O)N1CCN(S(=O)(=O)Cc2ccon2)CC1)c1ccccc1.Cl. The Hall–Kier alpha value is -1.94.